The minimum atomic E-state index is -0.390. The molecule has 1 aromatic rings. The zero-order valence-corrected chi connectivity index (χ0v) is 12.6. The number of hydrogen-bond acceptors (Lipinski definition) is 2. The molecule has 1 aliphatic rings. The summed E-state index contributed by atoms with van der Waals surface area (Å²) < 4.78 is 13.4. The van der Waals surface area contributed by atoms with Crippen LogP contribution in [0.2, 0.25) is 0 Å². The molecule has 1 aliphatic carbocycles. The first kappa shape index (κ1) is 14.4. The van der Waals surface area contributed by atoms with E-state index < -0.39 is 5.82 Å². The van der Waals surface area contributed by atoms with Crippen molar-refractivity contribution in [3.05, 3.63) is 34.1 Å². The molecule has 19 heavy (non-hydrogen) atoms. The van der Waals surface area contributed by atoms with Crippen molar-refractivity contribution in [2.24, 2.45) is 11.7 Å². The number of thiocarbonyl (C=S) groups is 1. The van der Waals surface area contributed by atoms with Gasteiger partial charge < -0.3 is 11.1 Å². The number of rotatable bonds is 3. The average molecular weight is 345 g/mol. The Morgan fingerprint density at radius 3 is 2.84 bits per heavy atom. The number of amides is 1. The first-order chi connectivity index (χ1) is 8.99. The van der Waals surface area contributed by atoms with Crippen LogP contribution in [0.5, 0.6) is 0 Å². The molecule has 0 aromatic heterocycles. The predicted octanol–water partition coefficient (Wildman–Crippen LogP) is 2.77. The van der Waals surface area contributed by atoms with Gasteiger partial charge in [-0.25, -0.2) is 4.39 Å². The molecule has 2 unspecified atom stereocenters. The lowest BCUT2D eigenvalue weighted by Crippen LogP contribution is -2.41. The topological polar surface area (TPSA) is 55.1 Å². The van der Waals surface area contributed by atoms with Gasteiger partial charge in [-0.1, -0.05) is 18.6 Å². The summed E-state index contributed by atoms with van der Waals surface area (Å²) in [7, 11) is 0. The molecular weight excluding hydrogens is 331 g/mol. The lowest BCUT2D eigenvalue weighted by Gasteiger charge is -2.20. The van der Waals surface area contributed by atoms with E-state index in [1.54, 1.807) is 0 Å². The van der Waals surface area contributed by atoms with Gasteiger partial charge in [-0.05, 0) is 47.0 Å². The Morgan fingerprint density at radius 2 is 2.21 bits per heavy atom. The number of nitrogens with two attached hydrogens (primary N) is 1. The van der Waals surface area contributed by atoms with Crippen LogP contribution >= 0.6 is 28.1 Å². The Morgan fingerprint density at radius 1 is 1.47 bits per heavy atom. The molecular formula is C13H14BrFN2OS. The van der Waals surface area contributed by atoms with Crippen LogP contribution in [0.15, 0.2) is 22.7 Å². The van der Waals surface area contributed by atoms with E-state index in [-0.39, 0.29) is 22.3 Å². The van der Waals surface area contributed by atoms with Gasteiger partial charge in [0.2, 0.25) is 0 Å². The summed E-state index contributed by atoms with van der Waals surface area (Å²) in [5.74, 6) is -0.560. The summed E-state index contributed by atoms with van der Waals surface area (Å²) in [6.45, 7) is 0. The molecule has 1 fully saturated rings. The molecule has 1 saturated carbocycles. The van der Waals surface area contributed by atoms with Gasteiger partial charge in [0, 0.05) is 17.5 Å². The second kappa shape index (κ2) is 5.96. The van der Waals surface area contributed by atoms with E-state index in [1.807, 2.05) is 0 Å². The van der Waals surface area contributed by atoms with Gasteiger partial charge in [0.05, 0.1) is 9.46 Å². The highest BCUT2D eigenvalue weighted by atomic mass is 79.9. The lowest BCUT2D eigenvalue weighted by atomic mass is 10.0. The van der Waals surface area contributed by atoms with Crippen molar-refractivity contribution in [2.75, 3.05) is 0 Å². The molecule has 0 spiro atoms. The van der Waals surface area contributed by atoms with Gasteiger partial charge in [0.1, 0.15) is 5.82 Å². The monoisotopic (exact) mass is 344 g/mol. The Kier molecular flexibility index (Phi) is 4.52. The summed E-state index contributed by atoms with van der Waals surface area (Å²) in [5.41, 5.74) is 6.09. The van der Waals surface area contributed by atoms with Crippen molar-refractivity contribution in [3.8, 4) is 0 Å². The first-order valence-corrected chi connectivity index (χ1v) is 7.24. The molecule has 0 bridgehead atoms. The van der Waals surface area contributed by atoms with Crippen LogP contribution in [0, 0.1) is 11.7 Å². The van der Waals surface area contributed by atoms with E-state index in [1.165, 1.54) is 18.2 Å². The molecule has 1 aromatic carbocycles. The van der Waals surface area contributed by atoms with Crippen LogP contribution < -0.4 is 11.1 Å². The van der Waals surface area contributed by atoms with Gasteiger partial charge in [-0.3, -0.25) is 4.79 Å². The van der Waals surface area contributed by atoms with E-state index in [2.05, 4.69) is 21.2 Å². The molecule has 0 saturated heterocycles. The van der Waals surface area contributed by atoms with Gasteiger partial charge >= 0.3 is 0 Å². The average Bonchev–Trinajstić information content (AvgIpc) is 2.80. The van der Waals surface area contributed by atoms with Crippen LogP contribution in [-0.2, 0) is 0 Å². The van der Waals surface area contributed by atoms with Crippen molar-refractivity contribution >= 4 is 39.0 Å². The van der Waals surface area contributed by atoms with Crippen LogP contribution in [0.1, 0.15) is 29.6 Å². The maximum absolute atomic E-state index is 13.1. The van der Waals surface area contributed by atoms with Crippen molar-refractivity contribution in [3.63, 3.8) is 0 Å². The lowest BCUT2D eigenvalue weighted by molar-refractivity contribution is 0.0933. The molecule has 1 amide bonds. The summed E-state index contributed by atoms with van der Waals surface area (Å²) in [6, 6.07) is 4.17. The van der Waals surface area contributed by atoms with E-state index in [0.29, 0.717) is 10.6 Å². The fourth-order valence-corrected chi connectivity index (χ4v) is 3.02. The van der Waals surface area contributed by atoms with Crippen molar-refractivity contribution < 1.29 is 9.18 Å². The maximum Gasteiger partial charge on any atom is 0.251 e. The number of benzene rings is 1. The third-order valence-corrected chi connectivity index (χ3v) is 4.29. The number of halogens is 2. The molecule has 3 nitrogen and oxygen atoms in total. The molecule has 0 radical (unpaired) electrons. The number of nitrogens with one attached hydrogen (secondary N) is 1. The highest BCUT2D eigenvalue weighted by molar-refractivity contribution is 9.10. The Balaban J connectivity index is 2.08. The molecule has 3 N–H and O–H groups in total. The minimum Gasteiger partial charge on any atom is -0.393 e. The third-order valence-electron chi connectivity index (χ3n) is 3.38. The van der Waals surface area contributed by atoms with Crippen LogP contribution in [0.4, 0.5) is 4.39 Å². The number of hydrogen-bond donors (Lipinski definition) is 2. The first-order valence-electron chi connectivity index (χ1n) is 6.04. The number of carbonyl (C=O) groups is 1. The Bertz CT molecular complexity index is 523. The summed E-state index contributed by atoms with van der Waals surface area (Å²) in [5, 5.41) is 2.92. The predicted molar refractivity (Wildman–Crippen MR) is 79.5 cm³/mol. The second-order valence-corrected chi connectivity index (χ2v) is 5.97. The zero-order valence-electron chi connectivity index (χ0n) is 10.2. The van der Waals surface area contributed by atoms with Crippen LogP contribution in [-0.4, -0.2) is 16.9 Å². The highest BCUT2D eigenvalue weighted by Gasteiger charge is 2.30. The highest BCUT2D eigenvalue weighted by Crippen LogP contribution is 2.26. The molecule has 6 heteroatoms. The SMILES string of the molecule is NC(=S)C1CCCC1NC(=O)c1ccc(F)c(Br)c1. The molecule has 0 aliphatic heterocycles. The van der Waals surface area contributed by atoms with Gasteiger partial charge in [-0.15, -0.1) is 0 Å². The Hall–Kier alpha value is -1.01. The standard InChI is InChI=1S/C13H14BrFN2OS/c14-9-6-7(4-5-10(9)15)13(18)17-11-3-1-2-8(11)12(16)19/h4-6,8,11H,1-3H2,(H2,16,19)(H,17,18). The minimum absolute atomic E-state index is 0.0196. The van der Waals surface area contributed by atoms with Gasteiger partial charge in [0.25, 0.3) is 5.91 Å². The fraction of sp³-hybridized carbons (Fsp3) is 0.385. The fourth-order valence-electron chi connectivity index (χ4n) is 2.36. The van der Waals surface area contributed by atoms with Crippen molar-refractivity contribution in [1.82, 2.24) is 5.32 Å². The van der Waals surface area contributed by atoms with Crippen LogP contribution in [0.25, 0.3) is 0 Å². The van der Waals surface area contributed by atoms with Crippen molar-refractivity contribution in [1.29, 1.82) is 0 Å². The smallest absolute Gasteiger partial charge is 0.251 e. The third kappa shape index (κ3) is 3.30. The molecule has 102 valence electrons. The molecule has 0 heterocycles. The van der Waals surface area contributed by atoms with Crippen LogP contribution in [0.3, 0.4) is 0 Å². The van der Waals surface area contributed by atoms with Gasteiger partial charge in [-0.2, -0.15) is 0 Å². The van der Waals surface area contributed by atoms with E-state index in [0.717, 1.165) is 19.3 Å². The van der Waals surface area contributed by atoms with Gasteiger partial charge in [0.15, 0.2) is 0 Å². The van der Waals surface area contributed by atoms with E-state index in [9.17, 15) is 9.18 Å². The zero-order chi connectivity index (χ0) is 14.0. The normalized spacial score (nSPS) is 22.2. The molecule has 2 rings (SSSR count). The van der Waals surface area contributed by atoms with Crippen molar-refractivity contribution in [2.45, 2.75) is 25.3 Å². The molecule has 2 atom stereocenters. The quantitative estimate of drug-likeness (QED) is 0.829. The van der Waals surface area contributed by atoms with E-state index in [4.69, 9.17) is 18.0 Å². The van der Waals surface area contributed by atoms with E-state index >= 15 is 0 Å². The summed E-state index contributed by atoms with van der Waals surface area (Å²) >= 11 is 8.08. The maximum atomic E-state index is 13.1. The number of carbonyl (C=O) groups excluding carboxylic acids is 1. The summed E-state index contributed by atoms with van der Waals surface area (Å²) in [6.07, 6.45) is 2.78. The summed E-state index contributed by atoms with van der Waals surface area (Å²) in [4.78, 5) is 12.5. The largest absolute Gasteiger partial charge is 0.393 e. The second-order valence-electron chi connectivity index (χ2n) is 4.65. The Labute approximate surface area is 124 Å².